The fourth-order valence-corrected chi connectivity index (χ4v) is 5.46. The van der Waals surface area contributed by atoms with Gasteiger partial charge in [-0.2, -0.15) is 0 Å². The molecule has 0 aliphatic carbocycles. The zero-order valence-electron chi connectivity index (χ0n) is 22.4. The number of carbonyl (C=O) groups excluding carboxylic acids is 2. The van der Waals surface area contributed by atoms with Gasteiger partial charge in [0.05, 0.1) is 29.7 Å². The van der Waals surface area contributed by atoms with E-state index in [4.69, 9.17) is 4.74 Å². The van der Waals surface area contributed by atoms with Gasteiger partial charge in [0.2, 0.25) is 0 Å². The van der Waals surface area contributed by atoms with Crippen molar-refractivity contribution in [3.05, 3.63) is 136 Å². The second-order valence-electron chi connectivity index (χ2n) is 10.0. The molecule has 0 unspecified atom stereocenters. The van der Waals surface area contributed by atoms with Crippen molar-refractivity contribution in [2.75, 3.05) is 16.9 Å². The predicted octanol–water partition coefficient (Wildman–Crippen LogP) is 6.84. The fourth-order valence-electron chi connectivity index (χ4n) is 5.46. The highest BCUT2D eigenvalue weighted by atomic mass is 16.5. The minimum absolute atomic E-state index is 0.220. The number of nitrogens with zero attached hydrogens (tertiary/aromatic N) is 2. The van der Waals surface area contributed by atoms with E-state index in [-0.39, 0.29) is 11.8 Å². The third-order valence-electron chi connectivity index (χ3n) is 7.17. The van der Waals surface area contributed by atoms with E-state index in [2.05, 4.69) is 6.07 Å². The Labute approximate surface area is 228 Å². The van der Waals surface area contributed by atoms with Crippen LogP contribution in [0.2, 0.25) is 0 Å². The van der Waals surface area contributed by atoms with Crippen LogP contribution in [0.1, 0.15) is 27.8 Å². The van der Waals surface area contributed by atoms with Gasteiger partial charge in [0.25, 0.3) is 11.8 Å². The lowest BCUT2D eigenvalue weighted by molar-refractivity contribution is -0.115. The van der Waals surface area contributed by atoms with Gasteiger partial charge in [-0.25, -0.2) is 0 Å². The standard InChI is InChI=1S/C34H28N2O3/c1-21-10-14-26(15-11-21)35-31(24-8-6-5-7-9-24)29-30(33(35)37)32(25-12-16-28(39-4)17-13-25)36(34(29)38)27-19-22(2)18-23(3)20-27/h5-20H,1-4H3. The average molecular weight is 513 g/mol. The van der Waals surface area contributed by atoms with E-state index in [1.54, 1.807) is 16.9 Å². The van der Waals surface area contributed by atoms with Crippen molar-refractivity contribution < 1.29 is 14.3 Å². The summed E-state index contributed by atoms with van der Waals surface area (Å²) in [4.78, 5) is 32.3. The number of aryl methyl sites for hydroxylation is 3. The number of anilines is 2. The predicted molar refractivity (Wildman–Crippen MR) is 155 cm³/mol. The first-order valence-corrected chi connectivity index (χ1v) is 12.9. The summed E-state index contributed by atoms with van der Waals surface area (Å²) in [6.45, 7) is 6.03. The molecule has 0 aromatic heterocycles. The fraction of sp³-hybridized carbons (Fsp3) is 0.118. The van der Waals surface area contributed by atoms with Crippen molar-refractivity contribution >= 4 is 34.6 Å². The van der Waals surface area contributed by atoms with E-state index in [1.165, 1.54) is 0 Å². The molecule has 0 saturated carbocycles. The van der Waals surface area contributed by atoms with Gasteiger partial charge in [0.15, 0.2) is 0 Å². The minimum atomic E-state index is -0.223. The van der Waals surface area contributed by atoms with Gasteiger partial charge in [0.1, 0.15) is 5.75 Å². The van der Waals surface area contributed by atoms with Crippen LogP contribution in [0.25, 0.3) is 11.4 Å². The number of amides is 2. The van der Waals surface area contributed by atoms with Gasteiger partial charge in [0, 0.05) is 11.4 Å². The summed E-state index contributed by atoms with van der Waals surface area (Å²) in [5.41, 5.74) is 8.20. The molecular weight excluding hydrogens is 484 g/mol. The number of hydrogen-bond donors (Lipinski definition) is 0. The summed E-state index contributed by atoms with van der Waals surface area (Å²) in [5, 5.41) is 0. The maximum Gasteiger partial charge on any atom is 0.265 e. The van der Waals surface area contributed by atoms with E-state index in [0.29, 0.717) is 28.3 Å². The lowest BCUT2D eigenvalue weighted by Gasteiger charge is -2.26. The molecule has 5 heteroatoms. The molecule has 0 saturated heterocycles. The van der Waals surface area contributed by atoms with Gasteiger partial charge in [-0.15, -0.1) is 0 Å². The van der Waals surface area contributed by atoms with Crippen molar-refractivity contribution in [2.45, 2.75) is 20.8 Å². The van der Waals surface area contributed by atoms with E-state index >= 15 is 0 Å². The Balaban J connectivity index is 1.67. The minimum Gasteiger partial charge on any atom is -0.497 e. The van der Waals surface area contributed by atoms with Crippen LogP contribution in [0.5, 0.6) is 5.75 Å². The molecule has 2 heterocycles. The molecule has 0 N–H and O–H groups in total. The molecule has 0 radical (unpaired) electrons. The zero-order valence-corrected chi connectivity index (χ0v) is 22.4. The average Bonchev–Trinajstić information content (AvgIpc) is 3.41. The Kier molecular flexibility index (Phi) is 5.92. The van der Waals surface area contributed by atoms with E-state index in [0.717, 1.165) is 39.2 Å². The molecule has 2 aliphatic rings. The van der Waals surface area contributed by atoms with Gasteiger partial charge in [-0.05, 0) is 91.6 Å². The smallest absolute Gasteiger partial charge is 0.265 e. The molecule has 2 aliphatic heterocycles. The molecule has 0 atom stereocenters. The molecule has 192 valence electrons. The maximum atomic E-state index is 14.5. The van der Waals surface area contributed by atoms with E-state index < -0.39 is 0 Å². The summed E-state index contributed by atoms with van der Waals surface area (Å²) >= 11 is 0. The summed E-state index contributed by atoms with van der Waals surface area (Å²) in [5.74, 6) is 0.257. The number of hydrogen-bond acceptors (Lipinski definition) is 3. The number of methoxy groups -OCH3 is 1. The molecule has 39 heavy (non-hydrogen) atoms. The second kappa shape index (κ2) is 9.44. The van der Waals surface area contributed by atoms with Crippen LogP contribution in [0, 0.1) is 20.8 Å². The molecule has 0 bridgehead atoms. The zero-order chi connectivity index (χ0) is 27.3. The highest BCUT2D eigenvalue weighted by Crippen LogP contribution is 2.49. The monoisotopic (exact) mass is 512 g/mol. The van der Waals surface area contributed by atoms with Crippen LogP contribution in [0.15, 0.2) is 108 Å². The molecule has 4 aromatic rings. The van der Waals surface area contributed by atoms with E-state index in [1.807, 2.05) is 112 Å². The summed E-state index contributed by atoms with van der Waals surface area (Å²) < 4.78 is 5.38. The molecule has 6 rings (SSSR count). The Morgan fingerprint density at radius 1 is 0.538 bits per heavy atom. The molecule has 4 aromatic carbocycles. The molecule has 5 nitrogen and oxygen atoms in total. The number of carbonyl (C=O) groups is 2. The quantitative estimate of drug-likeness (QED) is 0.294. The Bertz CT molecular complexity index is 1660. The first kappa shape index (κ1) is 24.4. The van der Waals surface area contributed by atoms with Crippen molar-refractivity contribution in [2.24, 2.45) is 0 Å². The van der Waals surface area contributed by atoms with Crippen LogP contribution in [0.3, 0.4) is 0 Å². The largest absolute Gasteiger partial charge is 0.497 e. The van der Waals surface area contributed by atoms with Crippen molar-refractivity contribution in [3.8, 4) is 5.75 Å². The van der Waals surface area contributed by atoms with Gasteiger partial charge >= 0.3 is 0 Å². The van der Waals surface area contributed by atoms with Gasteiger partial charge in [-0.1, -0.05) is 54.1 Å². The second-order valence-corrected chi connectivity index (χ2v) is 10.0. The van der Waals surface area contributed by atoms with E-state index in [9.17, 15) is 9.59 Å². The number of ether oxygens (including phenoxy) is 1. The number of fused-ring (bicyclic) bond motifs is 1. The van der Waals surface area contributed by atoms with Crippen molar-refractivity contribution in [1.82, 2.24) is 0 Å². The Morgan fingerprint density at radius 2 is 1.05 bits per heavy atom. The summed E-state index contributed by atoms with van der Waals surface area (Å²) in [7, 11) is 1.62. The first-order chi connectivity index (χ1) is 18.9. The van der Waals surface area contributed by atoms with Crippen molar-refractivity contribution in [3.63, 3.8) is 0 Å². The molecule has 2 amide bonds. The number of rotatable bonds is 5. The molecular formula is C34H28N2O3. The normalized spacial score (nSPS) is 15.0. The summed E-state index contributed by atoms with van der Waals surface area (Å²) in [6, 6.07) is 31.0. The first-order valence-electron chi connectivity index (χ1n) is 12.9. The van der Waals surface area contributed by atoms with Crippen LogP contribution in [0.4, 0.5) is 11.4 Å². The SMILES string of the molecule is COc1ccc(C2=C3C(=O)N(c4ccc(C)cc4)C(c4ccccc4)=C3C(=O)N2c2cc(C)cc(C)c2)cc1. The van der Waals surface area contributed by atoms with Crippen LogP contribution < -0.4 is 14.5 Å². The van der Waals surface area contributed by atoms with Crippen LogP contribution >= 0.6 is 0 Å². The number of benzene rings is 4. The van der Waals surface area contributed by atoms with Gasteiger partial charge < -0.3 is 4.74 Å². The molecule has 0 spiro atoms. The maximum absolute atomic E-state index is 14.5. The van der Waals surface area contributed by atoms with Crippen LogP contribution in [-0.2, 0) is 9.59 Å². The Hall–Kier alpha value is -4.90. The summed E-state index contributed by atoms with van der Waals surface area (Å²) in [6.07, 6.45) is 0. The van der Waals surface area contributed by atoms with Crippen LogP contribution in [-0.4, -0.2) is 18.9 Å². The Morgan fingerprint density at radius 3 is 1.59 bits per heavy atom. The van der Waals surface area contributed by atoms with Crippen molar-refractivity contribution in [1.29, 1.82) is 0 Å². The molecule has 0 fully saturated rings. The van der Waals surface area contributed by atoms with Gasteiger partial charge in [-0.3, -0.25) is 19.4 Å². The third-order valence-corrected chi connectivity index (χ3v) is 7.17. The lowest BCUT2D eigenvalue weighted by atomic mass is 10.0. The third kappa shape index (κ3) is 4.03. The highest BCUT2D eigenvalue weighted by molar-refractivity contribution is 6.41. The lowest BCUT2D eigenvalue weighted by Crippen LogP contribution is -2.29. The topological polar surface area (TPSA) is 49.9 Å². The highest BCUT2D eigenvalue weighted by Gasteiger charge is 2.49.